The minimum atomic E-state index is -3.02. The van der Waals surface area contributed by atoms with Crippen LogP contribution in [0.25, 0.3) is 33.3 Å². The first-order valence-electron chi connectivity index (χ1n) is 12.4. The third kappa shape index (κ3) is 2.60. The summed E-state index contributed by atoms with van der Waals surface area (Å²) in [5.41, 5.74) is -0.922. The van der Waals surface area contributed by atoms with Crippen molar-refractivity contribution >= 4 is 22.1 Å². The van der Waals surface area contributed by atoms with Crippen LogP contribution in [-0.2, 0) is 5.41 Å². The van der Waals surface area contributed by atoms with E-state index in [1.54, 1.807) is 12.1 Å². The first kappa shape index (κ1) is 8.61. The number of rotatable bonds is 1. The Hall–Kier alpha value is -2.68. The van der Waals surface area contributed by atoms with E-state index < -0.39 is 31.5 Å². The number of para-hydroxylation sites is 1. The van der Waals surface area contributed by atoms with E-state index in [9.17, 15) is 0 Å². The van der Waals surface area contributed by atoms with Gasteiger partial charge in [0, 0.05) is 40.6 Å². The van der Waals surface area contributed by atoms with E-state index in [0.717, 1.165) is 29.6 Å². The normalized spacial score (nSPS) is 19.0. The minimum absolute atomic E-state index is 0.198. The zero-order valence-corrected chi connectivity index (χ0v) is 13.8. The van der Waals surface area contributed by atoms with Crippen LogP contribution in [0.3, 0.4) is 0 Å². The van der Waals surface area contributed by atoms with Crippen molar-refractivity contribution in [1.29, 1.82) is 0 Å². The maximum Gasteiger partial charge on any atom is 0.227 e. The van der Waals surface area contributed by atoms with E-state index in [1.807, 2.05) is 25.1 Å². The first-order chi connectivity index (χ1) is 15.6. The number of aromatic nitrogens is 2. The molecular weight excluding hydrogens is 308 g/mol. The minimum Gasteiger partial charge on any atom is -0.437 e. The summed E-state index contributed by atoms with van der Waals surface area (Å²) in [4.78, 5) is 8.69. The topological polar surface area (TPSA) is 38.9 Å². The number of hydrogen-bond acceptors (Lipinski definition) is 3. The van der Waals surface area contributed by atoms with Gasteiger partial charge in [-0.15, -0.1) is 0 Å². The van der Waals surface area contributed by atoms with Crippen LogP contribution in [0.1, 0.15) is 49.8 Å². The van der Waals surface area contributed by atoms with E-state index in [4.69, 9.17) is 16.8 Å². The van der Waals surface area contributed by atoms with Gasteiger partial charge in [0.25, 0.3) is 0 Å². The highest BCUT2D eigenvalue weighted by molar-refractivity contribution is 6.08. The molecule has 25 heavy (non-hydrogen) atoms. The van der Waals surface area contributed by atoms with Crippen LogP contribution >= 0.6 is 0 Å². The highest BCUT2D eigenvalue weighted by atomic mass is 16.3. The van der Waals surface area contributed by atoms with Gasteiger partial charge in [-0.2, -0.15) is 0 Å². The van der Waals surface area contributed by atoms with Crippen LogP contribution in [0.15, 0.2) is 47.0 Å². The lowest BCUT2D eigenvalue weighted by Gasteiger charge is -2.22. The van der Waals surface area contributed by atoms with Gasteiger partial charge in [0.05, 0.1) is 5.69 Å². The summed E-state index contributed by atoms with van der Waals surface area (Å²) in [5.74, 6) is 0. The lowest BCUT2D eigenvalue weighted by molar-refractivity contribution is 0.585. The van der Waals surface area contributed by atoms with Gasteiger partial charge in [-0.3, -0.25) is 4.98 Å². The number of aryl methyl sites for hydroxylation is 2. The Kier molecular flexibility index (Phi) is 1.87. The molecule has 0 fully saturated rings. The molecule has 1 aromatic carbocycles. The Morgan fingerprint density at radius 2 is 2.00 bits per heavy atom. The van der Waals surface area contributed by atoms with Crippen molar-refractivity contribution in [2.75, 3.05) is 0 Å². The van der Waals surface area contributed by atoms with E-state index >= 15 is 0 Å². The fraction of sp³-hybridized carbons (Fsp3) is 0.273. The molecule has 3 heterocycles. The predicted octanol–water partition coefficient (Wildman–Crippen LogP) is 5.96. The van der Waals surface area contributed by atoms with E-state index in [1.165, 1.54) is 6.07 Å². The van der Waals surface area contributed by atoms with Crippen LogP contribution in [0.4, 0.5) is 0 Å². The van der Waals surface area contributed by atoms with E-state index in [2.05, 4.69) is 9.97 Å². The van der Waals surface area contributed by atoms with Gasteiger partial charge in [-0.1, -0.05) is 32.8 Å². The van der Waals surface area contributed by atoms with Crippen molar-refractivity contribution in [2.45, 2.75) is 39.8 Å². The average Bonchev–Trinajstić information content (AvgIpc) is 3.07. The SMILES string of the molecule is [2H]C([2H])([2H])c1cnc(-c2cccc3c2oc2nc(C)ccc23)cc1C(C)(C([2H])([2H])[2H])C([2H])([2H])[2H]. The lowest BCUT2D eigenvalue weighted by Crippen LogP contribution is -2.13. The molecule has 0 aliphatic carbocycles. The molecule has 126 valence electrons. The van der Waals surface area contributed by atoms with Gasteiger partial charge in [-0.05, 0) is 54.6 Å². The molecule has 0 atom stereocenters. The van der Waals surface area contributed by atoms with Crippen LogP contribution in [-0.4, -0.2) is 9.97 Å². The second kappa shape index (κ2) is 5.41. The molecule has 4 aromatic rings. The average molecular weight is 339 g/mol. The number of hydrogen-bond donors (Lipinski definition) is 0. The van der Waals surface area contributed by atoms with Crippen molar-refractivity contribution in [1.82, 2.24) is 9.97 Å². The molecule has 4 rings (SSSR count). The van der Waals surface area contributed by atoms with E-state index in [0.29, 0.717) is 16.9 Å². The van der Waals surface area contributed by atoms with Crippen molar-refractivity contribution < 1.29 is 16.8 Å². The molecule has 3 aromatic heterocycles. The van der Waals surface area contributed by atoms with Gasteiger partial charge in [0.2, 0.25) is 5.71 Å². The third-order valence-electron chi connectivity index (χ3n) is 4.22. The fourth-order valence-corrected chi connectivity index (χ4v) is 2.99. The zero-order valence-electron chi connectivity index (χ0n) is 22.8. The van der Waals surface area contributed by atoms with Crippen LogP contribution in [0, 0.1) is 13.8 Å². The van der Waals surface area contributed by atoms with Crippen molar-refractivity contribution in [3.05, 3.63) is 59.4 Å². The number of furan rings is 1. The lowest BCUT2D eigenvalue weighted by atomic mass is 9.84. The molecule has 0 spiro atoms. The number of nitrogens with zero attached hydrogens (tertiary/aromatic N) is 2. The summed E-state index contributed by atoms with van der Waals surface area (Å²) in [5, 5.41) is 1.52. The summed E-state index contributed by atoms with van der Waals surface area (Å²) in [7, 11) is 0. The number of benzene rings is 1. The molecular formula is C22H22N2O. The standard InChI is InChI=1S/C22H22N2O/c1-13-12-23-19(11-18(13)22(3,4)5)17-8-6-7-15-16-10-9-14(2)24-21(16)25-20(15)17/h6-12H,1-5H3/i1D3,3D3,4D3. The highest BCUT2D eigenvalue weighted by Gasteiger charge is 2.19. The van der Waals surface area contributed by atoms with Crippen molar-refractivity contribution in [3.63, 3.8) is 0 Å². The Balaban J connectivity index is 2.06. The molecule has 0 saturated heterocycles. The van der Waals surface area contributed by atoms with Gasteiger partial charge < -0.3 is 4.42 Å². The Morgan fingerprint density at radius 1 is 1.12 bits per heavy atom. The predicted molar refractivity (Wildman–Crippen MR) is 103 cm³/mol. The number of pyridine rings is 2. The highest BCUT2D eigenvalue weighted by Crippen LogP contribution is 2.36. The van der Waals surface area contributed by atoms with Crippen LogP contribution in [0.2, 0.25) is 0 Å². The Bertz CT molecular complexity index is 1380. The molecule has 0 aliphatic rings. The Morgan fingerprint density at radius 3 is 2.80 bits per heavy atom. The summed E-state index contributed by atoms with van der Waals surface area (Å²) in [6.45, 7) is -5.94. The zero-order chi connectivity index (χ0) is 25.3. The molecule has 0 amide bonds. The molecule has 0 bridgehead atoms. The fourth-order valence-electron chi connectivity index (χ4n) is 2.99. The quantitative estimate of drug-likeness (QED) is 0.429. The molecule has 0 unspecified atom stereocenters. The van der Waals surface area contributed by atoms with Gasteiger partial charge in [-0.25, -0.2) is 4.98 Å². The third-order valence-corrected chi connectivity index (χ3v) is 4.22. The summed E-state index contributed by atoms with van der Waals surface area (Å²) in [6.07, 6.45) is 1.04. The summed E-state index contributed by atoms with van der Waals surface area (Å²) < 4.78 is 77.8. The number of fused-ring (bicyclic) bond motifs is 3. The molecule has 3 heteroatoms. The van der Waals surface area contributed by atoms with Crippen molar-refractivity contribution in [3.8, 4) is 11.3 Å². The monoisotopic (exact) mass is 339 g/mol. The van der Waals surface area contributed by atoms with Crippen LogP contribution in [0.5, 0.6) is 0 Å². The first-order valence-corrected chi connectivity index (χ1v) is 7.86. The van der Waals surface area contributed by atoms with Gasteiger partial charge in [0.1, 0.15) is 5.58 Å². The second-order valence-electron chi connectivity index (χ2n) is 6.33. The molecule has 0 radical (unpaired) electrons. The van der Waals surface area contributed by atoms with Crippen molar-refractivity contribution in [2.24, 2.45) is 0 Å². The molecule has 3 nitrogen and oxygen atoms in total. The maximum absolute atomic E-state index is 8.02. The van der Waals surface area contributed by atoms with Gasteiger partial charge >= 0.3 is 0 Å². The second-order valence-corrected chi connectivity index (χ2v) is 6.33. The van der Waals surface area contributed by atoms with Crippen LogP contribution < -0.4 is 0 Å². The summed E-state index contributed by atoms with van der Waals surface area (Å²) >= 11 is 0. The largest absolute Gasteiger partial charge is 0.437 e. The maximum atomic E-state index is 8.02. The van der Waals surface area contributed by atoms with Gasteiger partial charge in [0.15, 0.2) is 0 Å². The molecule has 0 aliphatic heterocycles. The summed E-state index contributed by atoms with van der Waals surface area (Å²) in [6, 6.07) is 10.3. The van der Waals surface area contributed by atoms with E-state index in [-0.39, 0.29) is 11.3 Å². The smallest absolute Gasteiger partial charge is 0.227 e. The molecule has 0 saturated carbocycles. The molecule has 0 N–H and O–H groups in total. The Labute approximate surface area is 160 Å².